The van der Waals surface area contributed by atoms with Crippen molar-refractivity contribution in [3.8, 4) is 0 Å². The lowest BCUT2D eigenvalue weighted by molar-refractivity contribution is -0.148. The van der Waals surface area contributed by atoms with Gasteiger partial charge in [-0.05, 0) is 16.0 Å². The summed E-state index contributed by atoms with van der Waals surface area (Å²) in [7, 11) is 0. The molecule has 0 aliphatic carbocycles. The number of hydrogen-bond acceptors (Lipinski definition) is 6. The van der Waals surface area contributed by atoms with E-state index in [1.54, 1.807) is 24.3 Å². The minimum Gasteiger partial charge on any atom is -0.331 e. The molecule has 0 fully saturated rings. The van der Waals surface area contributed by atoms with Gasteiger partial charge in [0.2, 0.25) is 5.82 Å². The number of fused-ring (bicyclic) bond motifs is 1. The van der Waals surface area contributed by atoms with Crippen LogP contribution in [0.2, 0.25) is 0 Å². The number of amides is 1. The molecule has 1 aromatic carbocycles. The Hall–Kier alpha value is -3.31. The van der Waals surface area contributed by atoms with Gasteiger partial charge in [0.15, 0.2) is 11.9 Å². The zero-order valence-corrected chi connectivity index (χ0v) is 13.8. The third kappa shape index (κ3) is 3.13. The number of hydrogen-bond donors (Lipinski definition) is 0. The van der Waals surface area contributed by atoms with Crippen molar-refractivity contribution in [1.82, 2.24) is 39.9 Å². The standard InChI is InChI=1S/C15H13F3N8O/c16-15(17,18)14-21-20-11-8-24(6-7-25(11)14)13(27)12(26-9-19-22-23-26)10-4-2-1-3-5-10/h1-5,9,12H,6-8H2/t12-/m1/s1. The summed E-state index contributed by atoms with van der Waals surface area (Å²) in [5.41, 5.74) is 0.665. The Balaban J connectivity index is 1.63. The SMILES string of the molecule is O=C([C@@H](c1ccccc1)n1cnnn1)N1CCn2c(nnc2C(F)(F)F)C1. The Bertz CT molecular complexity index is 938. The van der Waals surface area contributed by atoms with Crippen molar-refractivity contribution in [1.29, 1.82) is 0 Å². The number of aromatic nitrogens is 7. The summed E-state index contributed by atoms with van der Waals surface area (Å²) in [6.07, 6.45) is -3.26. The predicted octanol–water partition coefficient (Wildman–Crippen LogP) is 0.915. The highest BCUT2D eigenvalue weighted by molar-refractivity contribution is 5.83. The molecule has 3 aromatic rings. The van der Waals surface area contributed by atoms with Gasteiger partial charge in [0.1, 0.15) is 6.33 Å². The molecule has 1 amide bonds. The van der Waals surface area contributed by atoms with Crippen LogP contribution >= 0.6 is 0 Å². The van der Waals surface area contributed by atoms with Crippen LogP contribution < -0.4 is 0 Å². The molecule has 0 saturated heterocycles. The van der Waals surface area contributed by atoms with Gasteiger partial charge in [0.05, 0.1) is 6.54 Å². The van der Waals surface area contributed by atoms with E-state index in [2.05, 4.69) is 25.7 Å². The molecular weight excluding hydrogens is 365 g/mol. The number of alkyl halides is 3. The normalized spacial score (nSPS) is 15.4. The molecular formula is C15H13F3N8O. The van der Waals surface area contributed by atoms with Crippen molar-refractivity contribution in [3.63, 3.8) is 0 Å². The molecule has 2 aromatic heterocycles. The molecule has 1 atom stereocenters. The molecule has 1 aliphatic heterocycles. The maximum absolute atomic E-state index is 13.1. The van der Waals surface area contributed by atoms with E-state index in [1.165, 1.54) is 15.9 Å². The smallest absolute Gasteiger partial charge is 0.331 e. The van der Waals surface area contributed by atoms with E-state index in [4.69, 9.17) is 0 Å². The number of carbonyl (C=O) groups excluding carboxylic acids is 1. The summed E-state index contributed by atoms with van der Waals surface area (Å²) in [4.78, 5) is 14.6. The second-order valence-electron chi connectivity index (χ2n) is 5.95. The van der Waals surface area contributed by atoms with Crippen LogP contribution in [0.15, 0.2) is 36.7 Å². The van der Waals surface area contributed by atoms with Crippen LogP contribution in [0.3, 0.4) is 0 Å². The highest BCUT2D eigenvalue weighted by Gasteiger charge is 2.40. The first-order chi connectivity index (χ1) is 12.9. The van der Waals surface area contributed by atoms with Crippen LogP contribution in [-0.4, -0.2) is 52.3 Å². The first-order valence-electron chi connectivity index (χ1n) is 8.00. The van der Waals surface area contributed by atoms with Crippen molar-refractivity contribution < 1.29 is 18.0 Å². The summed E-state index contributed by atoms with van der Waals surface area (Å²) in [6.45, 7) is -0.0220. The Labute approximate surface area is 150 Å². The van der Waals surface area contributed by atoms with E-state index >= 15 is 0 Å². The lowest BCUT2D eigenvalue weighted by Crippen LogP contribution is -2.43. The summed E-state index contributed by atoms with van der Waals surface area (Å²) in [5.74, 6) is -1.30. The minimum absolute atomic E-state index is 0.0416. The lowest BCUT2D eigenvalue weighted by atomic mass is 10.1. The number of tetrazole rings is 1. The molecule has 0 unspecified atom stereocenters. The van der Waals surface area contributed by atoms with E-state index in [-0.39, 0.29) is 31.4 Å². The van der Waals surface area contributed by atoms with Gasteiger partial charge >= 0.3 is 6.18 Å². The van der Waals surface area contributed by atoms with E-state index < -0.39 is 18.0 Å². The predicted molar refractivity (Wildman–Crippen MR) is 82.8 cm³/mol. The van der Waals surface area contributed by atoms with E-state index in [0.29, 0.717) is 5.56 Å². The highest BCUT2D eigenvalue weighted by Crippen LogP contribution is 2.30. The van der Waals surface area contributed by atoms with Crippen molar-refractivity contribution in [2.75, 3.05) is 6.54 Å². The first kappa shape index (κ1) is 17.1. The summed E-state index contributed by atoms with van der Waals surface area (Å²) in [5, 5.41) is 17.8. The van der Waals surface area contributed by atoms with Crippen molar-refractivity contribution in [2.45, 2.75) is 25.3 Å². The topological polar surface area (TPSA) is 94.6 Å². The Morgan fingerprint density at radius 1 is 1.11 bits per heavy atom. The van der Waals surface area contributed by atoms with Gasteiger partial charge < -0.3 is 9.47 Å². The Kier molecular flexibility index (Phi) is 4.09. The third-order valence-electron chi connectivity index (χ3n) is 4.30. The van der Waals surface area contributed by atoms with Crippen LogP contribution in [0.1, 0.15) is 23.3 Å². The summed E-state index contributed by atoms with van der Waals surface area (Å²) in [6, 6.07) is 8.08. The van der Waals surface area contributed by atoms with Gasteiger partial charge in [-0.25, -0.2) is 4.68 Å². The van der Waals surface area contributed by atoms with Crippen molar-refractivity contribution in [3.05, 3.63) is 53.9 Å². The van der Waals surface area contributed by atoms with Gasteiger partial charge in [-0.3, -0.25) is 4.79 Å². The van der Waals surface area contributed by atoms with Gasteiger partial charge in [-0.15, -0.1) is 15.3 Å². The summed E-state index contributed by atoms with van der Waals surface area (Å²) < 4.78 is 41.2. The molecule has 140 valence electrons. The zero-order chi connectivity index (χ0) is 19.0. The molecule has 3 heterocycles. The second-order valence-corrected chi connectivity index (χ2v) is 5.95. The molecule has 0 N–H and O–H groups in total. The van der Waals surface area contributed by atoms with E-state index in [9.17, 15) is 18.0 Å². The molecule has 27 heavy (non-hydrogen) atoms. The van der Waals surface area contributed by atoms with Crippen LogP contribution in [0.4, 0.5) is 13.2 Å². The fourth-order valence-corrected chi connectivity index (χ4v) is 3.06. The largest absolute Gasteiger partial charge is 0.451 e. The molecule has 0 radical (unpaired) electrons. The fourth-order valence-electron chi connectivity index (χ4n) is 3.06. The zero-order valence-electron chi connectivity index (χ0n) is 13.8. The van der Waals surface area contributed by atoms with Gasteiger partial charge in [0, 0.05) is 13.1 Å². The summed E-state index contributed by atoms with van der Waals surface area (Å²) >= 11 is 0. The average Bonchev–Trinajstić information content (AvgIpc) is 3.31. The van der Waals surface area contributed by atoms with Crippen LogP contribution in [-0.2, 0) is 24.1 Å². The number of nitrogens with zero attached hydrogens (tertiary/aromatic N) is 8. The maximum atomic E-state index is 13.1. The number of carbonyl (C=O) groups is 1. The third-order valence-corrected chi connectivity index (χ3v) is 4.30. The highest BCUT2D eigenvalue weighted by atomic mass is 19.4. The molecule has 9 nitrogen and oxygen atoms in total. The molecule has 1 aliphatic rings. The molecule has 4 rings (SSSR count). The van der Waals surface area contributed by atoms with Crippen LogP contribution in [0, 0.1) is 0 Å². The number of rotatable bonds is 3. The quantitative estimate of drug-likeness (QED) is 0.673. The number of halogens is 3. The van der Waals surface area contributed by atoms with Gasteiger partial charge in [-0.1, -0.05) is 30.3 Å². The van der Waals surface area contributed by atoms with Gasteiger partial charge in [0.25, 0.3) is 5.91 Å². The Morgan fingerprint density at radius 2 is 1.89 bits per heavy atom. The Morgan fingerprint density at radius 3 is 2.56 bits per heavy atom. The van der Waals surface area contributed by atoms with E-state index in [0.717, 1.165) is 4.57 Å². The monoisotopic (exact) mass is 378 g/mol. The first-order valence-corrected chi connectivity index (χ1v) is 8.00. The fraction of sp³-hybridized carbons (Fsp3) is 0.333. The lowest BCUT2D eigenvalue weighted by Gasteiger charge is -2.31. The molecule has 0 spiro atoms. The van der Waals surface area contributed by atoms with Crippen molar-refractivity contribution in [2.24, 2.45) is 0 Å². The second kappa shape index (κ2) is 6.45. The van der Waals surface area contributed by atoms with Crippen molar-refractivity contribution >= 4 is 5.91 Å². The minimum atomic E-state index is -4.59. The van der Waals surface area contributed by atoms with Gasteiger partial charge in [-0.2, -0.15) is 13.2 Å². The molecule has 0 bridgehead atoms. The molecule has 0 saturated carbocycles. The maximum Gasteiger partial charge on any atom is 0.451 e. The van der Waals surface area contributed by atoms with E-state index in [1.807, 2.05) is 6.07 Å². The number of benzene rings is 1. The van der Waals surface area contributed by atoms with Crippen LogP contribution in [0.5, 0.6) is 0 Å². The molecule has 12 heteroatoms. The van der Waals surface area contributed by atoms with Crippen LogP contribution in [0.25, 0.3) is 0 Å². The average molecular weight is 378 g/mol.